The van der Waals surface area contributed by atoms with E-state index >= 15 is 0 Å². The molecule has 13 heavy (non-hydrogen) atoms. The van der Waals surface area contributed by atoms with E-state index in [1.165, 1.54) is 0 Å². The molecule has 0 fully saturated rings. The maximum absolute atomic E-state index is 10.3. The first-order valence-corrected chi connectivity index (χ1v) is 5.56. The van der Waals surface area contributed by atoms with Crippen LogP contribution in [0.4, 0.5) is 5.69 Å². The van der Waals surface area contributed by atoms with Crippen LogP contribution in [0.2, 0.25) is 0 Å². The van der Waals surface area contributed by atoms with Crippen molar-refractivity contribution in [2.24, 2.45) is 0 Å². The van der Waals surface area contributed by atoms with Crippen LogP contribution in [0.1, 0.15) is 0 Å². The van der Waals surface area contributed by atoms with Gasteiger partial charge >= 0.3 is 0 Å². The first-order chi connectivity index (χ1) is 5.59. The van der Waals surface area contributed by atoms with Crippen LogP contribution < -0.4 is 4.72 Å². The van der Waals surface area contributed by atoms with Crippen molar-refractivity contribution >= 4 is 78.4 Å². The van der Waals surface area contributed by atoms with E-state index in [-0.39, 0.29) is 29.6 Å². The molecule has 67 valence electrons. The Balaban J connectivity index is 0.00000144. The van der Waals surface area contributed by atoms with Crippen LogP contribution >= 0.6 is 31.9 Å². The summed E-state index contributed by atoms with van der Waals surface area (Å²) in [5.41, 5.74) is 0.520. The van der Waals surface area contributed by atoms with Crippen molar-refractivity contribution in [2.75, 3.05) is 4.72 Å². The Morgan fingerprint density at radius 3 is 2.46 bits per heavy atom. The summed E-state index contributed by atoms with van der Waals surface area (Å²) in [4.78, 5) is 0. The number of anilines is 1. The minimum absolute atomic E-state index is 0. The third kappa shape index (κ3) is 4.92. The Hall–Kier alpha value is 1.09. The zero-order chi connectivity index (χ0) is 9.14. The SMILES string of the molecule is O=S([O-])Nc1ccc(Br)cc1Br.[Na]. The van der Waals surface area contributed by atoms with E-state index in [4.69, 9.17) is 0 Å². The van der Waals surface area contributed by atoms with Gasteiger partial charge in [-0.3, -0.25) is 4.21 Å². The van der Waals surface area contributed by atoms with Crippen LogP contribution in [-0.4, -0.2) is 38.3 Å². The van der Waals surface area contributed by atoms with Crippen molar-refractivity contribution in [3.8, 4) is 0 Å². The van der Waals surface area contributed by atoms with Crippen LogP contribution in [0.25, 0.3) is 0 Å². The molecule has 1 aromatic carbocycles. The average molecular weight is 337 g/mol. The van der Waals surface area contributed by atoms with Gasteiger partial charge in [0.05, 0.1) is 5.69 Å². The predicted molar refractivity (Wildman–Crippen MR) is 60.1 cm³/mol. The molecule has 0 spiro atoms. The summed E-state index contributed by atoms with van der Waals surface area (Å²) in [6, 6.07) is 5.17. The number of halogens is 2. The minimum atomic E-state index is -2.28. The second-order valence-electron chi connectivity index (χ2n) is 1.96. The summed E-state index contributed by atoms with van der Waals surface area (Å²) >= 11 is 4.18. The molecule has 0 aliphatic carbocycles. The van der Waals surface area contributed by atoms with Crippen molar-refractivity contribution < 1.29 is 8.76 Å². The van der Waals surface area contributed by atoms with Gasteiger partial charge in [0, 0.05) is 49.8 Å². The van der Waals surface area contributed by atoms with E-state index < -0.39 is 11.3 Å². The van der Waals surface area contributed by atoms with Crippen LogP contribution in [0, 0.1) is 0 Å². The molecule has 0 bridgehead atoms. The summed E-state index contributed by atoms with van der Waals surface area (Å²) in [7, 11) is 0. The first kappa shape index (κ1) is 14.1. The topological polar surface area (TPSA) is 52.2 Å². The van der Waals surface area contributed by atoms with E-state index in [9.17, 15) is 8.76 Å². The van der Waals surface area contributed by atoms with Crippen molar-refractivity contribution in [2.45, 2.75) is 0 Å². The van der Waals surface area contributed by atoms with E-state index in [1.807, 2.05) is 0 Å². The van der Waals surface area contributed by atoms with Crippen LogP contribution in [0.3, 0.4) is 0 Å². The van der Waals surface area contributed by atoms with Crippen molar-refractivity contribution in [1.82, 2.24) is 0 Å². The molecule has 0 heterocycles. The van der Waals surface area contributed by atoms with E-state index in [2.05, 4.69) is 36.6 Å². The minimum Gasteiger partial charge on any atom is -0.755 e. The molecule has 0 aliphatic rings. The molecule has 1 aromatic rings. The quantitative estimate of drug-likeness (QED) is 0.663. The molecule has 1 N–H and O–H groups in total. The van der Waals surface area contributed by atoms with Crippen LogP contribution in [-0.2, 0) is 11.3 Å². The fraction of sp³-hybridized carbons (Fsp3) is 0. The molecule has 0 saturated heterocycles. The molecule has 0 aliphatic heterocycles. The largest absolute Gasteiger partial charge is 0.755 e. The number of hydrogen-bond acceptors (Lipinski definition) is 2. The zero-order valence-electron chi connectivity index (χ0n) is 6.71. The molecule has 1 unspecified atom stereocenters. The van der Waals surface area contributed by atoms with Crippen molar-refractivity contribution in [1.29, 1.82) is 0 Å². The second kappa shape index (κ2) is 6.55. The Bertz CT molecular complexity index is 324. The van der Waals surface area contributed by atoms with Gasteiger partial charge in [-0.1, -0.05) is 15.9 Å². The zero-order valence-corrected chi connectivity index (χ0v) is 12.7. The summed E-state index contributed by atoms with van der Waals surface area (Å²) in [6.45, 7) is 0. The maximum atomic E-state index is 10.3. The third-order valence-electron chi connectivity index (χ3n) is 1.12. The van der Waals surface area contributed by atoms with Crippen molar-refractivity contribution in [3.63, 3.8) is 0 Å². The van der Waals surface area contributed by atoms with Gasteiger partial charge in [-0.25, -0.2) is 0 Å². The van der Waals surface area contributed by atoms with Crippen LogP contribution in [0.15, 0.2) is 27.1 Å². The van der Waals surface area contributed by atoms with E-state index in [0.29, 0.717) is 10.2 Å². The fourth-order valence-corrected chi connectivity index (χ4v) is 2.30. The summed E-state index contributed by atoms with van der Waals surface area (Å²) in [5.74, 6) is 0. The summed E-state index contributed by atoms with van der Waals surface area (Å²) in [5, 5.41) is 0. The van der Waals surface area contributed by atoms with Gasteiger partial charge in [0.15, 0.2) is 0 Å². The van der Waals surface area contributed by atoms with Crippen molar-refractivity contribution in [3.05, 3.63) is 27.1 Å². The number of nitrogens with one attached hydrogen (secondary N) is 1. The molecule has 0 amide bonds. The molecule has 7 heteroatoms. The standard InChI is InChI=1S/C6H5Br2NO2S.Na/c7-4-1-2-6(5(8)3-4)9-12(10)11;/h1-3,9H,(H,10,11);/p-1. The number of rotatable bonds is 2. The predicted octanol–water partition coefficient (Wildman–Crippen LogP) is 2.04. The molecule has 0 aromatic heterocycles. The molecule has 3 nitrogen and oxygen atoms in total. The maximum Gasteiger partial charge on any atom is 0.0595 e. The molecular weight excluding hydrogens is 333 g/mol. The Morgan fingerprint density at radius 2 is 2.00 bits per heavy atom. The third-order valence-corrected chi connectivity index (χ3v) is 2.66. The normalized spacial score (nSPS) is 11.6. The molecule has 1 rings (SSSR count). The monoisotopic (exact) mass is 335 g/mol. The van der Waals surface area contributed by atoms with Crippen LogP contribution in [0.5, 0.6) is 0 Å². The van der Waals surface area contributed by atoms with Gasteiger partial charge in [-0.05, 0) is 34.1 Å². The first-order valence-electron chi connectivity index (χ1n) is 2.90. The van der Waals surface area contributed by atoms with Gasteiger partial charge in [0.1, 0.15) is 0 Å². The molecule has 0 saturated carbocycles. The number of hydrogen-bond donors (Lipinski definition) is 1. The Labute approximate surface area is 118 Å². The molecule has 1 atom stereocenters. The summed E-state index contributed by atoms with van der Waals surface area (Å²) in [6.07, 6.45) is 0. The van der Waals surface area contributed by atoms with E-state index in [0.717, 1.165) is 4.47 Å². The van der Waals surface area contributed by atoms with Gasteiger partial charge in [0.2, 0.25) is 0 Å². The second-order valence-corrected chi connectivity index (χ2v) is 4.40. The van der Waals surface area contributed by atoms with Gasteiger partial charge in [-0.15, -0.1) is 0 Å². The fourth-order valence-electron chi connectivity index (χ4n) is 0.662. The molecule has 1 radical (unpaired) electrons. The van der Waals surface area contributed by atoms with Gasteiger partial charge < -0.3 is 9.27 Å². The van der Waals surface area contributed by atoms with Gasteiger partial charge in [0.25, 0.3) is 0 Å². The van der Waals surface area contributed by atoms with Gasteiger partial charge in [-0.2, -0.15) is 0 Å². The molecular formula is C6H4Br2NNaO2S-. The summed E-state index contributed by atoms with van der Waals surface area (Å²) < 4.78 is 24.4. The Kier molecular flexibility index (Phi) is 7.10. The smallest absolute Gasteiger partial charge is 0.0595 e. The Morgan fingerprint density at radius 1 is 1.38 bits per heavy atom. The van der Waals surface area contributed by atoms with E-state index in [1.54, 1.807) is 18.2 Å². The average Bonchev–Trinajstić information content (AvgIpc) is 1.94. The number of benzene rings is 1.